The largest absolute Gasteiger partial charge is 0.467 e. The van der Waals surface area contributed by atoms with Crippen molar-refractivity contribution in [3.63, 3.8) is 0 Å². The van der Waals surface area contributed by atoms with Crippen LogP contribution < -0.4 is 5.32 Å². The third-order valence-electron chi connectivity index (χ3n) is 2.71. The van der Waals surface area contributed by atoms with Crippen LogP contribution in [-0.4, -0.2) is 16.6 Å². The van der Waals surface area contributed by atoms with Gasteiger partial charge in [-0.25, -0.2) is 0 Å². The second-order valence-electron chi connectivity index (χ2n) is 4.05. The molecule has 1 heterocycles. The molecule has 0 fully saturated rings. The van der Waals surface area contributed by atoms with Crippen molar-refractivity contribution in [2.45, 2.75) is 12.6 Å². The van der Waals surface area contributed by atoms with Gasteiger partial charge in [0.2, 0.25) is 0 Å². The molecular weight excluding hydrogens is 248 g/mol. The van der Waals surface area contributed by atoms with E-state index in [0.717, 1.165) is 0 Å². The fourth-order valence-electron chi connectivity index (χ4n) is 1.76. The monoisotopic (exact) mass is 262 g/mol. The molecule has 0 radical (unpaired) electrons. The summed E-state index contributed by atoms with van der Waals surface area (Å²) in [7, 11) is 0. The lowest BCUT2D eigenvalue weighted by molar-refractivity contribution is -0.385. The van der Waals surface area contributed by atoms with Crippen molar-refractivity contribution in [1.82, 2.24) is 5.32 Å². The summed E-state index contributed by atoms with van der Waals surface area (Å²) in [5, 5.41) is 23.6. The van der Waals surface area contributed by atoms with Gasteiger partial charge in [-0.15, -0.1) is 0 Å². The molecule has 1 atom stereocenters. The van der Waals surface area contributed by atoms with E-state index in [1.54, 1.807) is 30.3 Å². The van der Waals surface area contributed by atoms with Gasteiger partial charge in [0.15, 0.2) is 0 Å². The Morgan fingerprint density at radius 3 is 2.79 bits per heavy atom. The van der Waals surface area contributed by atoms with Crippen molar-refractivity contribution in [1.29, 1.82) is 0 Å². The fraction of sp³-hybridized carbons (Fsp3) is 0.231. The molecule has 1 aromatic heterocycles. The van der Waals surface area contributed by atoms with Gasteiger partial charge in [0.05, 0.1) is 11.2 Å². The van der Waals surface area contributed by atoms with Crippen LogP contribution in [-0.2, 0) is 6.54 Å². The van der Waals surface area contributed by atoms with E-state index in [1.807, 2.05) is 0 Å². The summed E-state index contributed by atoms with van der Waals surface area (Å²) in [6, 6.07) is 9.88. The average molecular weight is 262 g/mol. The summed E-state index contributed by atoms with van der Waals surface area (Å²) >= 11 is 0. The number of nitro benzene ring substituents is 1. The first-order chi connectivity index (χ1) is 9.18. The van der Waals surface area contributed by atoms with Gasteiger partial charge in [0.1, 0.15) is 11.9 Å². The number of aliphatic hydroxyl groups is 1. The van der Waals surface area contributed by atoms with Crippen LogP contribution in [0.3, 0.4) is 0 Å². The highest BCUT2D eigenvalue weighted by Crippen LogP contribution is 2.17. The highest BCUT2D eigenvalue weighted by Gasteiger charge is 2.13. The van der Waals surface area contributed by atoms with Gasteiger partial charge in [-0.05, 0) is 12.1 Å². The van der Waals surface area contributed by atoms with Gasteiger partial charge in [0, 0.05) is 24.7 Å². The maximum absolute atomic E-state index is 10.8. The minimum absolute atomic E-state index is 0.0717. The standard InChI is InChI=1S/C13H14N2O4/c16-12(13-6-3-7-19-13)9-14-8-10-4-1-2-5-11(10)15(17)18/h1-7,12,14,16H,8-9H2. The Morgan fingerprint density at radius 2 is 2.11 bits per heavy atom. The molecule has 0 aliphatic rings. The maximum Gasteiger partial charge on any atom is 0.273 e. The topological polar surface area (TPSA) is 88.5 Å². The molecule has 1 unspecified atom stereocenters. The van der Waals surface area contributed by atoms with Crippen molar-refractivity contribution < 1.29 is 14.4 Å². The van der Waals surface area contributed by atoms with Crippen molar-refractivity contribution in [3.05, 3.63) is 64.1 Å². The lowest BCUT2D eigenvalue weighted by atomic mass is 10.2. The molecule has 0 spiro atoms. The van der Waals surface area contributed by atoms with E-state index in [0.29, 0.717) is 17.9 Å². The molecule has 2 N–H and O–H groups in total. The molecule has 0 amide bonds. The molecule has 6 nitrogen and oxygen atoms in total. The molecule has 0 aliphatic carbocycles. The first-order valence-corrected chi connectivity index (χ1v) is 5.83. The number of aliphatic hydroxyl groups excluding tert-OH is 1. The van der Waals surface area contributed by atoms with Crippen LogP contribution in [0.25, 0.3) is 0 Å². The van der Waals surface area contributed by atoms with Gasteiger partial charge < -0.3 is 14.8 Å². The number of furan rings is 1. The molecule has 0 aliphatic heterocycles. The first-order valence-electron chi connectivity index (χ1n) is 5.83. The Kier molecular flexibility index (Phi) is 4.27. The predicted molar refractivity (Wildman–Crippen MR) is 68.5 cm³/mol. The summed E-state index contributed by atoms with van der Waals surface area (Å²) in [6.07, 6.45) is 0.721. The molecule has 6 heteroatoms. The zero-order chi connectivity index (χ0) is 13.7. The van der Waals surface area contributed by atoms with Gasteiger partial charge in [-0.2, -0.15) is 0 Å². The number of benzene rings is 1. The molecule has 1 aromatic carbocycles. The highest BCUT2D eigenvalue weighted by molar-refractivity contribution is 5.39. The number of nitrogens with one attached hydrogen (secondary N) is 1. The van der Waals surface area contributed by atoms with E-state index in [1.165, 1.54) is 12.3 Å². The Bertz CT molecular complexity index is 539. The van der Waals surface area contributed by atoms with Crippen LogP contribution in [0.1, 0.15) is 17.4 Å². The molecule has 19 heavy (non-hydrogen) atoms. The fourth-order valence-corrected chi connectivity index (χ4v) is 1.76. The molecule has 0 bridgehead atoms. The van der Waals surface area contributed by atoms with Crippen molar-refractivity contribution in [2.24, 2.45) is 0 Å². The van der Waals surface area contributed by atoms with Gasteiger partial charge in [-0.3, -0.25) is 10.1 Å². The predicted octanol–water partition coefficient (Wildman–Crippen LogP) is 2.01. The van der Waals surface area contributed by atoms with Crippen LogP contribution in [0.4, 0.5) is 5.69 Å². The van der Waals surface area contributed by atoms with Gasteiger partial charge in [-0.1, -0.05) is 18.2 Å². The third kappa shape index (κ3) is 3.40. The van der Waals surface area contributed by atoms with E-state index in [9.17, 15) is 15.2 Å². The minimum atomic E-state index is -0.766. The maximum atomic E-state index is 10.8. The van der Waals surface area contributed by atoms with Crippen molar-refractivity contribution in [2.75, 3.05) is 6.54 Å². The third-order valence-corrected chi connectivity index (χ3v) is 2.71. The van der Waals surface area contributed by atoms with Crippen LogP contribution in [0.15, 0.2) is 47.1 Å². The number of nitrogens with zero attached hydrogens (tertiary/aromatic N) is 1. The zero-order valence-electron chi connectivity index (χ0n) is 10.2. The number of nitro groups is 1. The Labute approximate surface area is 109 Å². The zero-order valence-corrected chi connectivity index (χ0v) is 10.2. The average Bonchev–Trinajstić information content (AvgIpc) is 2.93. The highest BCUT2D eigenvalue weighted by atomic mass is 16.6. The summed E-state index contributed by atoms with van der Waals surface area (Å²) in [6.45, 7) is 0.578. The van der Waals surface area contributed by atoms with E-state index >= 15 is 0 Å². The van der Waals surface area contributed by atoms with E-state index in [2.05, 4.69) is 5.32 Å². The summed E-state index contributed by atoms with van der Waals surface area (Å²) in [4.78, 5) is 10.4. The molecule has 0 saturated carbocycles. The lowest BCUT2D eigenvalue weighted by Gasteiger charge is -2.09. The lowest BCUT2D eigenvalue weighted by Crippen LogP contribution is -2.21. The van der Waals surface area contributed by atoms with Crippen LogP contribution in [0.5, 0.6) is 0 Å². The molecular formula is C13H14N2O4. The summed E-state index contributed by atoms with van der Waals surface area (Å²) in [5.41, 5.74) is 0.654. The van der Waals surface area contributed by atoms with Crippen LogP contribution >= 0.6 is 0 Å². The quantitative estimate of drug-likeness (QED) is 0.614. The summed E-state index contributed by atoms with van der Waals surface area (Å²) < 4.78 is 5.06. The normalized spacial score (nSPS) is 12.3. The summed E-state index contributed by atoms with van der Waals surface area (Å²) in [5.74, 6) is 0.468. The number of rotatable bonds is 6. The van der Waals surface area contributed by atoms with E-state index in [-0.39, 0.29) is 12.2 Å². The van der Waals surface area contributed by atoms with E-state index in [4.69, 9.17) is 4.42 Å². The minimum Gasteiger partial charge on any atom is -0.467 e. The molecule has 2 aromatic rings. The first kappa shape index (κ1) is 13.3. The van der Waals surface area contributed by atoms with Gasteiger partial charge in [0.25, 0.3) is 5.69 Å². The number of para-hydroxylation sites is 1. The molecule has 100 valence electrons. The van der Waals surface area contributed by atoms with E-state index < -0.39 is 11.0 Å². The Balaban J connectivity index is 1.91. The second-order valence-corrected chi connectivity index (χ2v) is 4.05. The van der Waals surface area contributed by atoms with Crippen molar-refractivity contribution in [3.8, 4) is 0 Å². The molecule has 2 rings (SSSR count). The van der Waals surface area contributed by atoms with Crippen LogP contribution in [0, 0.1) is 10.1 Å². The smallest absolute Gasteiger partial charge is 0.273 e. The SMILES string of the molecule is O=[N+]([O-])c1ccccc1CNCC(O)c1ccco1. The van der Waals surface area contributed by atoms with Gasteiger partial charge >= 0.3 is 0 Å². The number of hydrogen-bond donors (Lipinski definition) is 2. The van der Waals surface area contributed by atoms with Crippen LogP contribution in [0.2, 0.25) is 0 Å². The van der Waals surface area contributed by atoms with Crippen molar-refractivity contribution >= 4 is 5.69 Å². The Hall–Kier alpha value is -2.18. The second kappa shape index (κ2) is 6.12. The molecule has 0 saturated heterocycles. The Morgan fingerprint density at radius 1 is 1.32 bits per heavy atom. The number of hydrogen-bond acceptors (Lipinski definition) is 5.